The molecule has 0 saturated carbocycles. The molecule has 2 atom stereocenters. The summed E-state index contributed by atoms with van der Waals surface area (Å²) in [4.78, 5) is 12.8. The molecule has 0 saturated heterocycles. The highest BCUT2D eigenvalue weighted by Crippen LogP contribution is 2.22. The normalized spacial score (nSPS) is 13.7. The average molecular weight is 390 g/mol. The fourth-order valence-corrected chi connectivity index (χ4v) is 3.46. The molecule has 0 aliphatic heterocycles. The molecule has 2 aromatic rings. The summed E-state index contributed by atoms with van der Waals surface area (Å²) in [5.41, 5.74) is 2.98. The van der Waals surface area contributed by atoms with Gasteiger partial charge in [-0.05, 0) is 56.5 Å². The molecule has 0 aromatic heterocycles. The van der Waals surface area contributed by atoms with Crippen molar-refractivity contribution < 1.29 is 17.9 Å². The zero-order chi connectivity index (χ0) is 20.2. The van der Waals surface area contributed by atoms with E-state index in [1.54, 1.807) is 31.2 Å². The lowest BCUT2D eigenvalue weighted by molar-refractivity contribution is -0.128. The number of aryl methyl sites for hydroxylation is 2. The predicted octanol–water partition coefficient (Wildman–Crippen LogP) is 3.74. The molecular formula is C21H27NO4S. The van der Waals surface area contributed by atoms with E-state index in [4.69, 9.17) is 4.74 Å². The van der Waals surface area contributed by atoms with Gasteiger partial charge < -0.3 is 10.1 Å². The number of benzene rings is 2. The molecule has 0 aliphatic carbocycles. The predicted molar refractivity (Wildman–Crippen MR) is 107 cm³/mol. The molecule has 0 aliphatic rings. The van der Waals surface area contributed by atoms with Gasteiger partial charge in [0.05, 0.1) is 10.9 Å². The number of hydrogen-bond acceptors (Lipinski definition) is 4. The van der Waals surface area contributed by atoms with E-state index in [1.165, 1.54) is 6.26 Å². The second-order valence-corrected chi connectivity index (χ2v) is 8.86. The Labute approximate surface area is 161 Å². The van der Waals surface area contributed by atoms with Crippen molar-refractivity contribution in [2.24, 2.45) is 0 Å². The standard InChI is InChI=1S/C21H27NO4S/c1-6-19(17-8-10-18(11-9-17)27(5,24)25)22-21(23)16(4)26-20-12-7-14(2)13-15(20)3/h7-13,16,19H,6H2,1-5H3,(H,22,23)/t16-,19-/m0/s1. The summed E-state index contributed by atoms with van der Waals surface area (Å²) < 4.78 is 29.0. The van der Waals surface area contributed by atoms with Crippen molar-refractivity contribution in [1.82, 2.24) is 5.32 Å². The highest BCUT2D eigenvalue weighted by Gasteiger charge is 2.20. The summed E-state index contributed by atoms with van der Waals surface area (Å²) in [7, 11) is -3.24. The van der Waals surface area contributed by atoms with Gasteiger partial charge in [-0.3, -0.25) is 4.79 Å². The Morgan fingerprint density at radius 2 is 1.74 bits per heavy atom. The molecule has 0 bridgehead atoms. The molecule has 6 heteroatoms. The number of rotatable bonds is 7. The van der Waals surface area contributed by atoms with Crippen LogP contribution < -0.4 is 10.1 Å². The van der Waals surface area contributed by atoms with Gasteiger partial charge in [-0.25, -0.2) is 8.42 Å². The van der Waals surface area contributed by atoms with Crippen LogP contribution in [0.1, 0.15) is 43.0 Å². The van der Waals surface area contributed by atoms with Gasteiger partial charge in [0.15, 0.2) is 15.9 Å². The first-order valence-corrected chi connectivity index (χ1v) is 10.8. The minimum atomic E-state index is -3.24. The van der Waals surface area contributed by atoms with Gasteiger partial charge in [-0.1, -0.05) is 36.8 Å². The van der Waals surface area contributed by atoms with Gasteiger partial charge in [-0.2, -0.15) is 0 Å². The Bertz CT molecular complexity index is 904. The van der Waals surface area contributed by atoms with Crippen molar-refractivity contribution in [3.8, 4) is 5.75 Å². The Balaban J connectivity index is 2.07. The van der Waals surface area contributed by atoms with Crippen LogP contribution in [0.25, 0.3) is 0 Å². The van der Waals surface area contributed by atoms with Crippen molar-refractivity contribution in [1.29, 1.82) is 0 Å². The van der Waals surface area contributed by atoms with Crippen LogP contribution in [-0.4, -0.2) is 26.7 Å². The summed E-state index contributed by atoms with van der Waals surface area (Å²) in [6.45, 7) is 7.64. The summed E-state index contributed by atoms with van der Waals surface area (Å²) in [6.07, 6.45) is 1.21. The number of carbonyl (C=O) groups excluding carboxylic acids is 1. The van der Waals surface area contributed by atoms with E-state index in [0.717, 1.165) is 16.7 Å². The second-order valence-electron chi connectivity index (χ2n) is 6.84. The van der Waals surface area contributed by atoms with E-state index in [1.807, 2.05) is 39.0 Å². The molecule has 0 radical (unpaired) electrons. The third-order valence-corrected chi connectivity index (χ3v) is 5.57. The lowest BCUT2D eigenvalue weighted by Crippen LogP contribution is -2.38. The van der Waals surface area contributed by atoms with Crippen LogP contribution in [0.3, 0.4) is 0 Å². The first-order chi connectivity index (χ1) is 12.6. The smallest absolute Gasteiger partial charge is 0.261 e. The molecule has 0 unspecified atom stereocenters. The Hall–Kier alpha value is -2.34. The van der Waals surface area contributed by atoms with Gasteiger partial charge in [-0.15, -0.1) is 0 Å². The minimum Gasteiger partial charge on any atom is -0.481 e. The number of carbonyl (C=O) groups is 1. The molecule has 27 heavy (non-hydrogen) atoms. The largest absolute Gasteiger partial charge is 0.481 e. The second kappa shape index (κ2) is 8.57. The maximum Gasteiger partial charge on any atom is 0.261 e. The molecule has 2 rings (SSSR count). The van der Waals surface area contributed by atoms with Crippen molar-refractivity contribution in [2.45, 2.75) is 51.2 Å². The number of amides is 1. The molecule has 5 nitrogen and oxygen atoms in total. The van der Waals surface area contributed by atoms with Crippen LogP contribution in [-0.2, 0) is 14.6 Å². The molecule has 0 fully saturated rings. The van der Waals surface area contributed by atoms with E-state index >= 15 is 0 Å². The fraction of sp³-hybridized carbons (Fsp3) is 0.381. The quantitative estimate of drug-likeness (QED) is 0.783. The van der Waals surface area contributed by atoms with Crippen molar-refractivity contribution in [3.63, 3.8) is 0 Å². The molecule has 2 aromatic carbocycles. The molecular weight excluding hydrogens is 362 g/mol. The third kappa shape index (κ3) is 5.57. The van der Waals surface area contributed by atoms with Crippen molar-refractivity contribution >= 4 is 15.7 Å². The maximum absolute atomic E-state index is 12.6. The van der Waals surface area contributed by atoms with Gasteiger partial charge in [0.2, 0.25) is 0 Å². The zero-order valence-corrected chi connectivity index (χ0v) is 17.3. The van der Waals surface area contributed by atoms with Gasteiger partial charge in [0, 0.05) is 6.26 Å². The molecule has 146 valence electrons. The average Bonchev–Trinajstić information content (AvgIpc) is 2.61. The van der Waals surface area contributed by atoms with Gasteiger partial charge in [0.1, 0.15) is 5.75 Å². The number of nitrogens with one attached hydrogen (secondary N) is 1. The van der Waals surface area contributed by atoms with E-state index in [-0.39, 0.29) is 16.8 Å². The van der Waals surface area contributed by atoms with E-state index in [9.17, 15) is 13.2 Å². The number of sulfone groups is 1. The van der Waals surface area contributed by atoms with E-state index in [0.29, 0.717) is 12.2 Å². The van der Waals surface area contributed by atoms with Gasteiger partial charge >= 0.3 is 0 Å². The maximum atomic E-state index is 12.6. The van der Waals surface area contributed by atoms with Crippen LogP contribution >= 0.6 is 0 Å². The van der Waals surface area contributed by atoms with Gasteiger partial charge in [0.25, 0.3) is 5.91 Å². The van der Waals surface area contributed by atoms with Crippen LogP contribution in [0.2, 0.25) is 0 Å². The van der Waals surface area contributed by atoms with Crippen molar-refractivity contribution in [2.75, 3.05) is 6.26 Å². The minimum absolute atomic E-state index is 0.212. The van der Waals surface area contributed by atoms with E-state index in [2.05, 4.69) is 5.32 Å². The SMILES string of the molecule is CC[C@H](NC(=O)[C@H](C)Oc1ccc(C)cc1C)c1ccc(S(C)(=O)=O)cc1. The fourth-order valence-electron chi connectivity index (χ4n) is 2.83. The summed E-state index contributed by atoms with van der Waals surface area (Å²) in [5, 5.41) is 2.98. The Kier molecular flexibility index (Phi) is 6.65. The third-order valence-electron chi connectivity index (χ3n) is 4.44. The van der Waals surface area contributed by atoms with Crippen LogP contribution in [0.15, 0.2) is 47.4 Å². The molecule has 1 amide bonds. The molecule has 0 heterocycles. The Morgan fingerprint density at radius 3 is 2.26 bits per heavy atom. The summed E-state index contributed by atoms with van der Waals surface area (Å²) in [5.74, 6) is 0.475. The first-order valence-electron chi connectivity index (χ1n) is 8.96. The lowest BCUT2D eigenvalue weighted by atomic mass is 10.0. The monoisotopic (exact) mass is 389 g/mol. The lowest BCUT2D eigenvalue weighted by Gasteiger charge is -2.22. The number of ether oxygens (including phenoxy) is 1. The van der Waals surface area contributed by atoms with Crippen LogP contribution in [0.4, 0.5) is 0 Å². The highest BCUT2D eigenvalue weighted by molar-refractivity contribution is 7.90. The first kappa shape index (κ1) is 21.0. The summed E-state index contributed by atoms with van der Waals surface area (Å²) >= 11 is 0. The zero-order valence-electron chi connectivity index (χ0n) is 16.4. The molecule has 0 spiro atoms. The van der Waals surface area contributed by atoms with Crippen molar-refractivity contribution in [3.05, 3.63) is 59.2 Å². The van der Waals surface area contributed by atoms with E-state index < -0.39 is 15.9 Å². The molecule has 1 N–H and O–H groups in total. The topological polar surface area (TPSA) is 72.5 Å². The van der Waals surface area contributed by atoms with Crippen LogP contribution in [0, 0.1) is 13.8 Å². The number of hydrogen-bond donors (Lipinski definition) is 1. The highest BCUT2D eigenvalue weighted by atomic mass is 32.2. The Morgan fingerprint density at radius 1 is 1.11 bits per heavy atom. The summed E-state index contributed by atoms with van der Waals surface area (Å²) in [6, 6.07) is 12.2. The van der Waals surface area contributed by atoms with Crippen LogP contribution in [0.5, 0.6) is 5.75 Å².